The quantitative estimate of drug-likeness (QED) is 0.854. The minimum atomic E-state index is -0.962. The molecule has 0 unspecified atom stereocenters. The SMILES string of the molecule is O=C(O)CCCC(=O)Nc1nc(-c2ccc(F)cc2F)cs1. The Hall–Kier alpha value is -2.35. The molecule has 0 bridgehead atoms. The molecule has 0 saturated carbocycles. The van der Waals surface area contributed by atoms with Crippen LogP contribution in [-0.2, 0) is 9.59 Å². The van der Waals surface area contributed by atoms with E-state index in [0.717, 1.165) is 23.5 Å². The maximum Gasteiger partial charge on any atom is 0.303 e. The van der Waals surface area contributed by atoms with E-state index < -0.39 is 17.6 Å². The van der Waals surface area contributed by atoms with Crippen molar-refractivity contribution in [2.75, 3.05) is 5.32 Å². The standard InChI is InChI=1S/C14H12F2N2O3S/c15-8-4-5-9(10(16)6-8)11-7-22-14(17-11)18-12(19)2-1-3-13(20)21/h4-7H,1-3H2,(H,20,21)(H,17,18,19). The first-order valence-electron chi connectivity index (χ1n) is 6.38. The molecule has 1 heterocycles. The van der Waals surface area contributed by atoms with E-state index in [1.54, 1.807) is 5.38 Å². The summed E-state index contributed by atoms with van der Waals surface area (Å²) < 4.78 is 26.5. The minimum Gasteiger partial charge on any atom is -0.481 e. The highest BCUT2D eigenvalue weighted by atomic mass is 32.1. The highest BCUT2D eigenvalue weighted by molar-refractivity contribution is 7.14. The summed E-state index contributed by atoms with van der Waals surface area (Å²) in [6.07, 6.45) is 0.204. The lowest BCUT2D eigenvalue weighted by atomic mass is 10.1. The average molecular weight is 326 g/mol. The number of thiazole rings is 1. The van der Waals surface area contributed by atoms with E-state index in [1.165, 1.54) is 6.07 Å². The molecule has 0 aliphatic rings. The van der Waals surface area contributed by atoms with Gasteiger partial charge in [0.1, 0.15) is 11.6 Å². The summed E-state index contributed by atoms with van der Waals surface area (Å²) in [5.41, 5.74) is 0.437. The number of aromatic nitrogens is 1. The van der Waals surface area contributed by atoms with Crippen molar-refractivity contribution < 1.29 is 23.5 Å². The summed E-state index contributed by atoms with van der Waals surface area (Å²) >= 11 is 1.11. The molecule has 1 aromatic carbocycles. The molecule has 2 aromatic rings. The smallest absolute Gasteiger partial charge is 0.303 e. The molecule has 2 rings (SSSR count). The molecule has 22 heavy (non-hydrogen) atoms. The fourth-order valence-electron chi connectivity index (χ4n) is 1.73. The number of hydrogen-bond acceptors (Lipinski definition) is 4. The molecular weight excluding hydrogens is 314 g/mol. The second kappa shape index (κ2) is 7.08. The Labute approximate surface area is 128 Å². The molecule has 2 N–H and O–H groups in total. The Bertz CT molecular complexity index is 703. The highest BCUT2D eigenvalue weighted by Gasteiger charge is 2.12. The van der Waals surface area contributed by atoms with E-state index >= 15 is 0 Å². The fourth-order valence-corrected chi connectivity index (χ4v) is 2.46. The number of carboxylic acids is 1. The number of benzene rings is 1. The fraction of sp³-hybridized carbons (Fsp3) is 0.214. The van der Waals surface area contributed by atoms with Gasteiger partial charge in [0.05, 0.1) is 5.69 Å². The number of carbonyl (C=O) groups excluding carboxylic acids is 1. The van der Waals surface area contributed by atoms with Crippen molar-refractivity contribution in [2.45, 2.75) is 19.3 Å². The molecule has 0 fully saturated rings. The van der Waals surface area contributed by atoms with Gasteiger partial charge in [-0.05, 0) is 18.6 Å². The van der Waals surface area contributed by atoms with Gasteiger partial charge in [0.25, 0.3) is 0 Å². The van der Waals surface area contributed by atoms with Gasteiger partial charge in [-0.1, -0.05) is 0 Å². The van der Waals surface area contributed by atoms with Crippen LogP contribution in [0.15, 0.2) is 23.6 Å². The van der Waals surface area contributed by atoms with Gasteiger partial charge >= 0.3 is 5.97 Å². The molecule has 0 saturated heterocycles. The topological polar surface area (TPSA) is 79.3 Å². The third-order valence-electron chi connectivity index (χ3n) is 2.75. The normalized spacial score (nSPS) is 10.5. The van der Waals surface area contributed by atoms with E-state index in [9.17, 15) is 18.4 Å². The van der Waals surface area contributed by atoms with Gasteiger partial charge in [-0.2, -0.15) is 0 Å². The number of nitrogens with one attached hydrogen (secondary N) is 1. The van der Waals surface area contributed by atoms with E-state index in [-0.39, 0.29) is 35.9 Å². The summed E-state index contributed by atoms with van der Waals surface area (Å²) in [4.78, 5) is 26.0. The predicted octanol–water partition coefficient (Wildman–Crippen LogP) is 3.28. The van der Waals surface area contributed by atoms with Crippen molar-refractivity contribution in [3.63, 3.8) is 0 Å². The average Bonchev–Trinajstić information content (AvgIpc) is 2.86. The van der Waals surface area contributed by atoms with E-state index in [0.29, 0.717) is 5.69 Å². The number of carbonyl (C=O) groups is 2. The number of halogens is 2. The first kappa shape index (κ1) is 16.0. The van der Waals surface area contributed by atoms with E-state index in [1.807, 2.05) is 0 Å². The number of rotatable bonds is 6. The molecule has 1 amide bonds. The van der Waals surface area contributed by atoms with Crippen LogP contribution >= 0.6 is 11.3 Å². The molecule has 0 spiro atoms. The number of aliphatic carboxylic acids is 1. The lowest BCUT2D eigenvalue weighted by molar-refractivity contribution is -0.137. The van der Waals surface area contributed by atoms with Crippen molar-refractivity contribution in [3.05, 3.63) is 35.2 Å². The lowest BCUT2D eigenvalue weighted by Gasteiger charge is -2.01. The molecule has 0 radical (unpaired) electrons. The highest BCUT2D eigenvalue weighted by Crippen LogP contribution is 2.27. The molecule has 1 aromatic heterocycles. The van der Waals surface area contributed by atoms with E-state index in [4.69, 9.17) is 5.11 Å². The van der Waals surface area contributed by atoms with Crippen molar-refractivity contribution in [1.82, 2.24) is 4.98 Å². The van der Waals surface area contributed by atoms with Gasteiger partial charge in [0.15, 0.2) is 5.13 Å². The number of anilines is 1. The summed E-state index contributed by atoms with van der Waals surface area (Å²) in [6, 6.07) is 3.17. The second-order valence-corrected chi connectivity index (χ2v) is 5.32. The zero-order valence-electron chi connectivity index (χ0n) is 11.3. The van der Waals surface area contributed by atoms with Crippen LogP contribution in [0.4, 0.5) is 13.9 Å². The summed E-state index contributed by atoms with van der Waals surface area (Å²) in [5.74, 6) is -2.73. The lowest BCUT2D eigenvalue weighted by Crippen LogP contribution is -2.11. The molecule has 5 nitrogen and oxygen atoms in total. The number of nitrogens with zero attached hydrogens (tertiary/aromatic N) is 1. The van der Waals surface area contributed by atoms with Crippen molar-refractivity contribution in [1.29, 1.82) is 0 Å². The Morgan fingerprint density at radius 3 is 2.73 bits per heavy atom. The first-order chi connectivity index (χ1) is 10.5. The minimum absolute atomic E-state index is 0.0616. The van der Waals surface area contributed by atoms with Crippen LogP contribution in [0.1, 0.15) is 19.3 Å². The van der Waals surface area contributed by atoms with Gasteiger partial charge in [-0.15, -0.1) is 11.3 Å². The Morgan fingerprint density at radius 2 is 2.05 bits per heavy atom. The van der Waals surface area contributed by atoms with Crippen molar-refractivity contribution >= 4 is 28.3 Å². The maximum absolute atomic E-state index is 13.6. The Balaban J connectivity index is 1.99. The molecule has 8 heteroatoms. The van der Waals surface area contributed by atoms with Crippen LogP contribution in [-0.4, -0.2) is 22.0 Å². The number of carboxylic acid groups (broad SMARTS) is 1. The van der Waals surface area contributed by atoms with Gasteiger partial charge in [-0.25, -0.2) is 13.8 Å². The molecular formula is C14H12F2N2O3S. The molecule has 0 aliphatic heterocycles. The van der Waals surface area contributed by atoms with Crippen LogP contribution in [0.3, 0.4) is 0 Å². The van der Waals surface area contributed by atoms with Gasteiger partial charge in [-0.3, -0.25) is 9.59 Å². The van der Waals surface area contributed by atoms with Crippen molar-refractivity contribution in [2.24, 2.45) is 0 Å². The number of hydrogen-bond donors (Lipinski definition) is 2. The predicted molar refractivity (Wildman–Crippen MR) is 77.6 cm³/mol. The van der Waals surface area contributed by atoms with Crippen LogP contribution in [0, 0.1) is 11.6 Å². The zero-order valence-corrected chi connectivity index (χ0v) is 12.1. The second-order valence-electron chi connectivity index (χ2n) is 4.46. The molecule has 0 atom stereocenters. The van der Waals surface area contributed by atoms with Crippen LogP contribution in [0.5, 0.6) is 0 Å². The van der Waals surface area contributed by atoms with Crippen LogP contribution in [0.25, 0.3) is 11.3 Å². The Morgan fingerprint density at radius 1 is 1.27 bits per heavy atom. The molecule has 116 valence electrons. The van der Waals surface area contributed by atoms with Crippen LogP contribution in [0.2, 0.25) is 0 Å². The van der Waals surface area contributed by atoms with Crippen LogP contribution < -0.4 is 5.32 Å². The molecule has 0 aliphatic carbocycles. The summed E-state index contributed by atoms with van der Waals surface area (Å²) in [6.45, 7) is 0. The monoisotopic (exact) mass is 326 g/mol. The third kappa shape index (κ3) is 4.32. The van der Waals surface area contributed by atoms with Gasteiger partial charge in [0.2, 0.25) is 5.91 Å². The Kier molecular flexibility index (Phi) is 5.16. The maximum atomic E-state index is 13.6. The first-order valence-corrected chi connectivity index (χ1v) is 7.26. The number of amides is 1. The van der Waals surface area contributed by atoms with Crippen molar-refractivity contribution in [3.8, 4) is 11.3 Å². The summed E-state index contributed by atoms with van der Waals surface area (Å²) in [5, 5.41) is 12.8. The largest absolute Gasteiger partial charge is 0.481 e. The zero-order chi connectivity index (χ0) is 16.1. The summed E-state index contributed by atoms with van der Waals surface area (Å²) in [7, 11) is 0. The third-order valence-corrected chi connectivity index (χ3v) is 3.51. The van der Waals surface area contributed by atoms with E-state index in [2.05, 4.69) is 10.3 Å². The van der Waals surface area contributed by atoms with Gasteiger partial charge < -0.3 is 10.4 Å². The van der Waals surface area contributed by atoms with Gasteiger partial charge in [0, 0.05) is 29.9 Å².